The third-order valence-electron chi connectivity index (χ3n) is 2.95. The van der Waals surface area contributed by atoms with Crippen LogP contribution in [0.1, 0.15) is 23.0 Å². The minimum atomic E-state index is -1.10. The summed E-state index contributed by atoms with van der Waals surface area (Å²) >= 11 is 0. The first-order valence-corrected chi connectivity index (χ1v) is 5.64. The fraction of sp³-hybridized carbons (Fsp3) is 0.231. The zero-order valence-corrected chi connectivity index (χ0v) is 9.71. The molecule has 5 nitrogen and oxygen atoms in total. The van der Waals surface area contributed by atoms with E-state index in [1.807, 2.05) is 25.1 Å². The molecule has 0 spiro atoms. The van der Waals surface area contributed by atoms with Crippen molar-refractivity contribution in [1.29, 1.82) is 0 Å². The maximum Gasteiger partial charge on any atom is 0.358 e. The van der Waals surface area contributed by atoms with Gasteiger partial charge in [-0.15, -0.1) is 0 Å². The van der Waals surface area contributed by atoms with Crippen LogP contribution in [0.2, 0.25) is 0 Å². The molecular weight excluding hydrogens is 234 g/mol. The summed E-state index contributed by atoms with van der Waals surface area (Å²) in [6, 6.07) is 7.07. The Labute approximate surface area is 103 Å². The number of nitrogens with zero attached hydrogens (tertiary/aromatic N) is 1. The van der Waals surface area contributed by atoms with Crippen LogP contribution in [0.3, 0.4) is 0 Å². The number of rotatable bonds is 2. The van der Waals surface area contributed by atoms with E-state index in [1.54, 1.807) is 0 Å². The van der Waals surface area contributed by atoms with Crippen molar-refractivity contribution in [2.45, 2.75) is 19.4 Å². The van der Waals surface area contributed by atoms with Crippen LogP contribution in [-0.4, -0.2) is 22.3 Å². The molecule has 1 aromatic heterocycles. The van der Waals surface area contributed by atoms with Gasteiger partial charge >= 0.3 is 5.97 Å². The molecule has 0 saturated carbocycles. The van der Waals surface area contributed by atoms with Crippen LogP contribution in [0.25, 0.3) is 11.3 Å². The van der Waals surface area contributed by atoms with Gasteiger partial charge in [0.05, 0.1) is 0 Å². The second-order valence-corrected chi connectivity index (χ2v) is 4.30. The second kappa shape index (κ2) is 3.87. The number of carbonyl (C=O) groups is 1. The Morgan fingerprint density at radius 3 is 3.06 bits per heavy atom. The number of fused-ring (bicyclic) bond motifs is 1. The second-order valence-electron chi connectivity index (χ2n) is 4.30. The maximum atomic E-state index is 10.8. The molecule has 1 N–H and O–H groups in total. The van der Waals surface area contributed by atoms with Crippen molar-refractivity contribution < 1.29 is 19.2 Å². The molecule has 5 heteroatoms. The van der Waals surface area contributed by atoms with Crippen molar-refractivity contribution in [2.24, 2.45) is 0 Å². The van der Waals surface area contributed by atoms with Gasteiger partial charge in [-0.25, -0.2) is 4.79 Å². The summed E-state index contributed by atoms with van der Waals surface area (Å²) in [6.07, 6.45) is 0.914. The average Bonchev–Trinajstić information content (AvgIpc) is 2.92. The van der Waals surface area contributed by atoms with E-state index >= 15 is 0 Å². The standard InChI is InChI=1S/C13H11NO4/c1-7-5-9-8(3-2-4-11(9)17-7)12-6-10(13(15)16)14-18-12/h2-4,6-7H,5H2,1H3,(H,15,16). The summed E-state index contributed by atoms with van der Waals surface area (Å²) in [5.41, 5.74) is 1.80. The lowest BCUT2D eigenvalue weighted by molar-refractivity contribution is 0.0686. The van der Waals surface area contributed by atoms with E-state index in [0.717, 1.165) is 23.3 Å². The maximum absolute atomic E-state index is 10.8. The minimum absolute atomic E-state index is 0.0884. The summed E-state index contributed by atoms with van der Waals surface area (Å²) in [7, 11) is 0. The fourth-order valence-electron chi connectivity index (χ4n) is 2.17. The van der Waals surface area contributed by atoms with Crippen molar-refractivity contribution in [2.75, 3.05) is 0 Å². The van der Waals surface area contributed by atoms with E-state index in [2.05, 4.69) is 5.16 Å². The SMILES string of the molecule is CC1Cc2c(cccc2-c2cc(C(=O)O)no2)O1. The van der Waals surface area contributed by atoms with E-state index in [-0.39, 0.29) is 11.8 Å². The Hall–Kier alpha value is -2.30. The van der Waals surface area contributed by atoms with Crippen LogP contribution in [0.15, 0.2) is 28.8 Å². The Kier molecular flexibility index (Phi) is 2.33. The molecule has 0 aliphatic carbocycles. The van der Waals surface area contributed by atoms with Crippen molar-refractivity contribution in [3.63, 3.8) is 0 Å². The predicted molar refractivity (Wildman–Crippen MR) is 62.7 cm³/mol. The molecule has 0 radical (unpaired) electrons. The molecule has 0 amide bonds. The smallest absolute Gasteiger partial charge is 0.358 e. The Balaban J connectivity index is 2.07. The Morgan fingerprint density at radius 2 is 2.33 bits per heavy atom. The molecule has 1 aliphatic heterocycles. The van der Waals surface area contributed by atoms with Crippen molar-refractivity contribution in [1.82, 2.24) is 5.16 Å². The molecule has 0 bridgehead atoms. The molecule has 0 fully saturated rings. The number of aromatic nitrogens is 1. The highest BCUT2D eigenvalue weighted by Gasteiger charge is 2.24. The molecule has 1 aromatic carbocycles. The van der Waals surface area contributed by atoms with Crippen molar-refractivity contribution >= 4 is 5.97 Å². The van der Waals surface area contributed by atoms with Crippen LogP contribution in [-0.2, 0) is 6.42 Å². The average molecular weight is 245 g/mol. The lowest BCUT2D eigenvalue weighted by atomic mass is 10.0. The molecule has 3 rings (SSSR count). The van der Waals surface area contributed by atoms with Crippen LogP contribution in [0.4, 0.5) is 0 Å². The highest BCUT2D eigenvalue weighted by molar-refractivity contribution is 5.86. The zero-order chi connectivity index (χ0) is 12.7. The third kappa shape index (κ3) is 1.64. The molecule has 1 unspecified atom stereocenters. The molecule has 1 atom stereocenters. The molecule has 0 saturated heterocycles. The number of hydrogen-bond donors (Lipinski definition) is 1. The largest absolute Gasteiger partial charge is 0.490 e. The normalized spacial score (nSPS) is 17.3. The van der Waals surface area contributed by atoms with Crippen LogP contribution < -0.4 is 4.74 Å². The van der Waals surface area contributed by atoms with Gasteiger partial charge in [-0.05, 0) is 13.0 Å². The summed E-state index contributed by atoms with van der Waals surface area (Å²) in [5, 5.41) is 12.4. The van der Waals surface area contributed by atoms with Crippen LogP contribution in [0.5, 0.6) is 5.75 Å². The summed E-state index contributed by atoms with van der Waals surface area (Å²) in [4.78, 5) is 10.8. The Morgan fingerprint density at radius 1 is 1.50 bits per heavy atom. The van der Waals surface area contributed by atoms with Crippen LogP contribution in [0, 0.1) is 0 Å². The van der Waals surface area contributed by atoms with Crippen LogP contribution >= 0.6 is 0 Å². The van der Waals surface area contributed by atoms with E-state index in [4.69, 9.17) is 14.4 Å². The quantitative estimate of drug-likeness (QED) is 0.879. The highest BCUT2D eigenvalue weighted by atomic mass is 16.5. The summed E-state index contributed by atoms with van der Waals surface area (Å²) in [5.74, 6) is 0.192. The van der Waals surface area contributed by atoms with E-state index in [9.17, 15) is 4.79 Å². The van der Waals surface area contributed by atoms with E-state index < -0.39 is 5.97 Å². The summed E-state index contributed by atoms with van der Waals surface area (Å²) < 4.78 is 10.7. The van der Waals surface area contributed by atoms with Gasteiger partial charge in [-0.1, -0.05) is 17.3 Å². The Bertz CT molecular complexity index is 617. The summed E-state index contributed by atoms with van der Waals surface area (Å²) in [6.45, 7) is 1.99. The monoisotopic (exact) mass is 245 g/mol. The number of carboxylic acid groups (broad SMARTS) is 1. The van der Waals surface area contributed by atoms with Gasteiger partial charge in [-0.2, -0.15) is 0 Å². The highest BCUT2D eigenvalue weighted by Crippen LogP contribution is 2.36. The molecule has 2 aromatic rings. The number of ether oxygens (including phenoxy) is 1. The van der Waals surface area contributed by atoms with Crippen molar-refractivity contribution in [3.05, 3.63) is 35.5 Å². The predicted octanol–water partition coefficient (Wildman–Crippen LogP) is 2.36. The lowest BCUT2D eigenvalue weighted by Crippen LogP contribution is -2.05. The van der Waals surface area contributed by atoms with E-state index in [1.165, 1.54) is 6.07 Å². The van der Waals surface area contributed by atoms with Crippen molar-refractivity contribution in [3.8, 4) is 17.1 Å². The van der Waals surface area contributed by atoms with Gasteiger partial charge in [0, 0.05) is 23.6 Å². The third-order valence-corrected chi connectivity index (χ3v) is 2.95. The number of carboxylic acids is 1. The number of hydrogen-bond acceptors (Lipinski definition) is 4. The van der Waals surface area contributed by atoms with Gasteiger partial charge in [-0.3, -0.25) is 0 Å². The topological polar surface area (TPSA) is 72.6 Å². The van der Waals surface area contributed by atoms with Gasteiger partial charge in [0.1, 0.15) is 11.9 Å². The molecular formula is C13H11NO4. The lowest BCUT2D eigenvalue weighted by Gasteiger charge is -2.02. The number of aromatic carboxylic acids is 1. The molecule has 92 valence electrons. The van der Waals surface area contributed by atoms with Gasteiger partial charge in [0.15, 0.2) is 11.5 Å². The minimum Gasteiger partial charge on any atom is -0.490 e. The van der Waals surface area contributed by atoms with Gasteiger partial charge in [0.25, 0.3) is 0 Å². The van der Waals surface area contributed by atoms with Gasteiger partial charge in [0.2, 0.25) is 0 Å². The number of benzene rings is 1. The molecule has 1 aliphatic rings. The first-order chi connectivity index (χ1) is 8.65. The molecule has 18 heavy (non-hydrogen) atoms. The van der Waals surface area contributed by atoms with E-state index in [0.29, 0.717) is 5.76 Å². The molecule has 2 heterocycles. The fourth-order valence-corrected chi connectivity index (χ4v) is 2.17. The zero-order valence-electron chi connectivity index (χ0n) is 9.71. The first-order valence-electron chi connectivity index (χ1n) is 5.64. The first kappa shape index (κ1) is 10.8. The van der Waals surface area contributed by atoms with Gasteiger partial charge < -0.3 is 14.4 Å².